The van der Waals surface area contributed by atoms with E-state index in [1.54, 1.807) is 18.3 Å². The zero-order valence-corrected chi connectivity index (χ0v) is 11.7. The van der Waals surface area contributed by atoms with Gasteiger partial charge in [-0.15, -0.1) is 0 Å². The fourth-order valence-corrected chi connectivity index (χ4v) is 2.51. The Labute approximate surface area is 121 Å². The van der Waals surface area contributed by atoms with Gasteiger partial charge in [-0.1, -0.05) is 23.2 Å². The van der Waals surface area contributed by atoms with Crippen LogP contribution in [0.25, 0.3) is 11.3 Å². The highest BCUT2D eigenvalue weighted by Crippen LogP contribution is 2.34. The average Bonchev–Trinajstić information content (AvgIpc) is 3.16. The summed E-state index contributed by atoms with van der Waals surface area (Å²) in [7, 11) is 0. The Hall–Kier alpha value is -1.32. The standard InChI is InChI=1S/C14H13Cl2N3/c15-9-3-4-10(11(16)6-9)13-7-18-14(17)12(19-13)5-8-1-2-8/h3-4,6-8H,1-2,5H2,(H2,17,18). The van der Waals surface area contributed by atoms with Crippen LogP contribution in [0.1, 0.15) is 18.5 Å². The molecule has 1 aromatic heterocycles. The van der Waals surface area contributed by atoms with Gasteiger partial charge in [-0.2, -0.15) is 0 Å². The maximum Gasteiger partial charge on any atom is 0.145 e. The fourth-order valence-electron chi connectivity index (χ4n) is 2.01. The Morgan fingerprint density at radius 3 is 2.74 bits per heavy atom. The second-order valence-corrected chi connectivity index (χ2v) is 5.70. The molecule has 0 bridgehead atoms. The molecule has 1 aliphatic carbocycles. The third kappa shape index (κ3) is 2.82. The van der Waals surface area contributed by atoms with Gasteiger partial charge in [-0.05, 0) is 43.4 Å². The highest BCUT2D eigenvalue weighted by Gasteiger charge is 2.24. The number of aromatic nitrogens is 2. The van der Waals surface area contributed by atoms with Crippen molar-refractivity contribution in [2.24, 2.45) is 5.92 Å². The molecule has 1 fully saturated rings. The van der Waals surface area contributed by atoms with Gasteiger partial charge >= 0.3 is 0 Å². The van der Waals surface area contributed by atoms with E-state index in [4.69, 9.17) is 28.9 Å². The third-order valence-electron chi connectivity index (χ3n) is 3.26. The second kappa shape index (κ2) is 4.99. The van der Waals surface area contributed by atoms with Crippen molar-refractivity contribution in [3.05, 3.63) is 40.1 Å². The number of hydrogen-bond donors (Lipinski definition) is 1. The van der Waals surface area contributed by atoms with Crippen LogP contribution >= 0.6 is 23.2 Å². The lowest BCUT2D eigenvalue weighted by Crippen LogP contribution is -2.03. The van der Waals surface area contributed by atoms with Gasteiger partial charge in [-0.3, -0.25) is 0 Å². The summed E-state index contributed by atoms with van der Waals surface area (Å²) in [5, 5.41) is 1.18. The maximum absolute atomic E-state index is 6.19. The van der Waals surface area contributed by atoms with E-state index < -0.39 is 0 Å². The topological polar surface area (TPSA) is 51.8 Å². The minimum atomic E-state index is 0.515. The first-order chi connectivity index (χ1) is 9.13. The molecule has 0 amide bonds. The van der Waals surface area contributed by atoms with Crippen molar-refractivity contribution >= 4 is 29.0 Å². The first-order valence-electron chi connectivity index (χ1n) is 6.20. The van der Waals surface area contributed by atoms with Crippen LogP contribution in [0.5, 0.6) is 0 Å². The summed E-state index contributed by atoms with van der Waals surface area (Å²) in [5.41, 5.74) is 8.32. The molecule has 3 nitrogen and oxygen atoms in total. The lowest BCUT2D eigenvalue weighted by Gasteiger charge is -2.08. The number of anilines is 1. The molecule has 1 heterocycles. The highest BCUT2D eigenvalue weighted by atomic mass is 35.5. The Bertz CT molecular complexity index is 624. The molecule has 19 heavy (non-hydrogen) atoms. The van der Waals surface area contributed by atoms with Crippen molar-refractivity contribution in [2.75, 3.05) is 5.73 Å². The van der Waals surface area contributed by atoms with E-state index in [0.717, 1.165) is 23.4 Å². The van der Waals surface area contributed by atoms with Gasteiger partial charge in [-0.25, -0.2) is 9.97 Å². The SMILES string of the molecule is Nc1ncc(-c2ccc(Cl)cc2Cl)nc1CC1CC1. The predicted molar refractivity (Wildman–Crippen MR) is 78.3 cm³/mol. The number of halogens is 2. The van der Waals surface area contributed by atoms with Crippen LogP contribution in [-0.2, 0) is 6.42 Å². The molecule has 3 rings (SSSR count). The minimum absolute atomic E-state index is 0.515. The van der Waals surface area contributed by atoms with Crippen LogP contribution < -0.4 is 5.73 Å². The first-order valence-corrected chi connectivity index (χ1v) is 6.96. The summed E-state index contributed by atoms with van der Waals surface area (Å²) in [6.45, 7) is 0. The van der Waals surface area contributed by atoms with Crippen LogP contribution in [0.15, 0.2) is 24.4 Å². The molecule has 0 radical (unpaired) electrons. The zero-order valence-electron chi connectivity index (χ0n) is 10.2. The number of hydrogen-bond acceptors (Lipinski definition) is 3. The Morgan fingerprint density at radius 1 is 1.26 bits per heavy atom. The van der Waals surface area contributed by atoms with Crippen LogP contribution in [0.3, 0.4) is 0 Å². The first kappa shape index (κ1) is 12.7. The van der Waals surface area contributed by atoms with Crippen LogP contribution in [0, 0.1) is 5.92 Å². The molecule has 1 aliphatic rings. The average molecular weight is 294 g/mol. The van der Waals surface area contributed by atoms with E-state index in [9.17, 15) is 0 Å². The number of nitrogens with two attached hydrogens (primary N) is 1. The molecule has 0 saturated heterocycles. The molecule has 0 unspecified atom stereocenters. The molecule has 2 aromatic rings. The summed E-state index contributed by atoms with van der Waals surface area (Å²) in [6, 6.07) is 5.35. The molecular formula is C14H13Cl2N3. The molecule has 5 heteroatoms. The molecule has 1 aromatic carbocycles. The lowest BCUT2D eigenvalue weighted by atomic mass is 10.1. The summed E-state index contributed by atoms with van der Waals surface area (Å²) in [4.78, 5) is 8.82. The van der Waals surface area contributed by atoms with Crippen molar-refractivity contribution in [2.45, 2.75) is 19.3 Å². The number of nitrogen functional groups attached to an aromatic ring is 1. The molecule has 2 N–H and O–H groups in total. The van der Waals surface area contributed by atoms with Crippen molar-refractivity contribution < 1.29 is 0 Å². The molecule has 98 valence electrons. The van der Waals surface area contributed by atoms with Gasteiger partial charge in [0.2, 0.25) is 0 Å². The van der Waals surface area contributed by atoms with Crippen molar-refractivity contribution in [3.8, 4) is 11.3 Å². The molecule has 0 spiro atoms. The zero-order chi connectivity index (χ0) is 13.4. The summed E-state index contributed by atoms with van der Waals surface area (Å²) >= 11 is 12.1. The van der Waals surface area contributed by atoms with Crippen molar-refractivity contribution in [1.29, 1.82) is 0 Å². The molecular weight excluding hydrogens is 281 g/mol. The van der Waals surface area contributed by atoms with E-state index in [1.165, 1.54) is 12.8 Å². The monoisotopic (exact) mass is 293 g/mol. The molecule has 0 atom stereocenters. The number of benzene rings is 1. The van der Waals surface area contributed by atoms with Gasteiger partial charge in [0.15, 0.2) is 0 Å². The van der Waals surface area contributed by atoms with Crippen LogP contribution in [0.2, 0.25) is 10.0 Å². The maximum atomic E-state index is 6.19. The number of nitrogens with zero attached hydrogens (tertiary/aromatic N) is 2. The van der Waals surface area contributed by atoms with Gasteiger partial charge in [0.1, 0.15) is 5.82 Å². The highest BCUT2D eigenvalue weighted by molar-refractivity contribution is 6.36. The van der Waals surface area contributed by atoms with E-state index in [2.05, 4.69) is 9.97 Å². The van der Waals surface area contributed by atoms with Crippen LogP contribution in [-0.4, -0.2) is 9.97 Å². The van der Waals surface area contributed by atoms with Gasteiger partial charge in [0.05, 0.1) is 22.6 Å². The number of rotatable bonds is 3. The molecule has 0 aliphatic heterocycles. The second-order valence-electron chi connectivity index (χ2n) is 4.86. The summed E-state index contributed by atoms with van der Waals surface area (Å²) in [6.07, 6.45) is 5.07. The third-order valence-corrected chi connectivity index (χ3v) is 3.81. The van der Waals surface area contributed by atoms with Crippen molar-refractivity contribution in [3.63, 3.8) is 0 Å². The van der Waals surface area contributed by atoms with Gasteiger partial charge in [0, 0.05) is 10.6 Å². The van der Waals surface area contributed by atoms with Gasteiger partial charge < -0.3 is 5.73 Å². The van der Waals surface area contributed by atoms with E-state index in [1.807, 2.05) is 6.07 Å². The predicted octanol–water partition coefficient (Wildman–Crippen LogP) is 3.99. The van der Waals surface area contributed by atoms with E-state index >= 15 is 0 Å². The van der Waals surface area contributed by atoms with E-state index in [0.29, 0.717) is 21.8 Å². The van der Waals surface area contributed by atoms with Crippen molar-refractivity contribution in [1.82, 2.24) is 9.97 Å². The van der Waals surface area contributed by atoms with Crippen LogP contribution in [0.4, 0.5) is 5.82 Å². The quantitative estimate of drug-likeness (QED) is 0.931. The van der Waals surface area contributed by atoms with Gasteiger partial charge in [0.25, 0.3) is 0 Å². The largest absolute Gasteiger partial charge is 0.382 e. The Morgan fingerprint density at radius 2 is 2.05 bits per heavy atom. The normalized spacial score (nSPS) is 14.6. The lowest BCUT2D eigenvalue weighted by molar-refractivity contribution is 0.802. The molecule has 1 saturated carbocycles. The smallest absolute Gasteiger partial charge is 0.145 e. The Kier molecular flexibility index (Phi) is 3.33. The summed E-state index contributed by atoms with van der Waals surface area (Å²) < 4.78 is 0. The van der Waals surface area contributed by atoms with E-state index in [-0.39, 0.29) is 0 Å². The Balaban J connectivity index is 1.99. The summed E-state index contributed by atoms with van der Waals surface area (Å²) in [5.74, 6) is 1.23. The fraction of sp³-hybridized carbons (Fsp3) is 0.286. The minimum Gasteiger partial charge on any atom is -0.382 e.